The van der Waals surface area contributed by atoms with Crippen molar-refractivity contribution in [3.05, 3.63) is 52.1 Å². The highest BCUT2D eigenvalue weighted by atomic mass is 16.6. The van der Waals surface area contributed by atoms with Gasteiger partial charge < -0.3 is 23.7 Å². The fraction of sp³-hybridized carbons (Fsp3) is 0.517. The Morgan fingerprint density at radius 1 is 1.21 bits per heavy atom. The van der Waals surface area contributed by atoms with E-state index in [1.807, 2.05) is 13.8 Å². The van der Waals surface area contributed by atoms with Crippen LogP contribution >= 0.6 is 0 Å². The average Bonchev–Trinajstić information content (AvgIpc) is 2.86. The molecule has 2 saturated carbocycles. The van der Waals surface area contributed by atoms with Gasteiger partial charge in [-0.25, -0.2) is 4.79 Å². The van der Waals surface area contributed by atoms with Crippen LogP contribution in [0.3, 0.4) is 0 Å². The number of rotatable bonds is 4. The number of esters is 2. The van der Waals surface area contributed by atoms with Crippen LogP contribution in [0, 0.1) is 16.7 Å². The zero-order valence-electron chi connectivity index (χ0n) is 22.3. The Bertz CT molecular complexity index is 1370. The van der Waals surface area contributed by atoms with Gasteiger partial charge in [0.05, 0.1) is 6.10 Å². The molecule has 0 amide bonds. The summed E-state index contributed by atoms with van der Waals surface area (Å²) in [7, 11) is 0. The lowest BCUT2D eigenvalue weighted by molar-refractivity contribution is -0.197. The molecule has 2 aliphatic carbocycles. The molecule has 38 heavy (non-hydrogen) atoms. The molecule has 0 spiro atoms. The number of ether oxygens (including phenoxy) is 3. The maximum atomic E-state index is 13.2. The molecule has 202 valence electrons. The monoisotopic (exact) mass is 523 g/mol. The minimum Gasteiger partial charge on any atom is -0.479 e. The second-order valence-corrected chi connectivity index (χ2v) is 11.3. The molecule has 0 aromatic carbocycles. The Balaban J connectivity index is 1.62. The fourth-order valence-electron chi connectivity index (χ4n) is 6.93. The van der Waals surface area contributed by atoms with Crippen LogP contribution in [0.25, 0.3) is 17.4 Å². The first kappa shape index (κ1) is 26.2. The van der Waals surface area contributed by atoms with Crippen molar-refractivity contribution in [1.29, 1.82) is 0 Å². The Hall–Kier alpha value is -3.46. The van der Waals surface area contributed by atoms with Gasteiger partial charge in [-0.05, 0) is 61.3 Å². The molecule has 6 atom stereocenters. The highest BCUT2D eigenvalue weighted by Crippen LogP contribution is 2.64. The van der Waals surface area contributed by atoms with E-state index in [0.717, 1.165) is 5.57 Å². The third kappa shape index (κ3) is 4.04. The molecule has 0 radical (unpaired) electrons. The van der Waals surface area contributed by atoms with E-state index in [-0.39, 0.29) is 18.1 Å². The number of aliphatic hydroxyl groups excluding tert-OH is 1. The Kier molecular flexibility index (Phi) is 6.25. The van der Waals surface area contributed by atoms with Crippen LogP contribution in [-0.2, 0) is 19.1 Å². The van der Waals surface area contributed by atoms with Gasteiger partial charge in [0.1, 0.15) is 29.8 Å². The summed E-state index contributed by atoms with van der Waals surface area (Å²) in [6.45, 7) is 8.60. The van der Waals surface area contributed by atoms with Crippen LogP contribution in [0.2, 0.25) is 0 Å². The molecule has 5 rings (SSSR count). The Morgan fingerprint density at radius 3 is 2.63 bits per heavy atom. The lowest BCUT2D eigenvalue weighted by atomic mass is 9.45. The number of carbonyl (C=O) groups excluding carboxylic acids is 2. The average molecular weight is 524 g/mol. The third-order valence-corrected chi connectivity index (χ3v) is 8.87. The van der Waals surface area contributed by atoms with Crippen molar-refractivity contribution in [2.75, 3.05) is 6.61 Å². The van der Waals surface area contributed by atoms with Crippen LogP contribution in [0.15, 0.2) is 45.4 Å². The fourth-order valence-corrected chi connectivity index (χ4v) is 6.93. The van der Waals surface area contributed by atoms with Gasteiger partial charge in [-0.2, -0.15) is 0 Å². The van der Waals surface area contributed by atoms with Gasteiger partial charge in [0.25, 0.3) is 0 Å². The van der Waals surface area contributed by atoms with E-state index in [1.165, 1.54) is 13.8 Å². The minimum absolute atomic E-state index is 0.0330. The largest absolute Gasteiger partial charge is 0.479 e. The molecule has 2 aromatic heterocycles. The molecule has 1 aliphatic heterocycles. The maximum Gasteiger partial charge on any atom is 0.347 e. The zero-order chi connectivity index (χ0) is 27.5. The number of aliphatic hydroxyl groups is 1. The van der Waals surface area contributed by atoms with Crippen molar-refractivity contribution in [3.8, 4) is 17.1 Å². The van der Waals surface area contributed by atoms with Crippen LogP contribution in [0.5, 0.6) is 5.75 Å². The van der Waals surface area contributed by atoms with Crippen molar-refractivity contribution in [2.45, 2.75) is 71.7 Å². The van der Waals surface area contributed by atoms with E-state index < -0.39 is 46.2 Å². The standard InChI is InChI=1S/C29H33NO8/c1-16(31)35-15-28(4)22-13-24(33)29(5)23(27(22,3)9-8-25(28)36-17(2)32)11-19-21(38-29)12-20(37-26(19)34)18-7-6-10-30-14-18/h6-7,10-12,14,22,24-25,33H,8-9,13,15H2,1-5H3/t22-,24+,25+,27-,28+,29+/m1/s1. The maximum absolute atomic E-state index is 13.2. The summed E-state index contributed by atoms with van der Waals surface area (Å²) in [5.74, 6) is -0.424. The third-order valence-electron chi connectivity index (χ3n) is 8.87. The lowest BCUT2D eigenvalue weighted by Gasteiger charge is -2.62. The molecule has 9 nitrogen and oxygen atoms in total. The van der Waals surface area contributed by atoms with Crippen molar-refractivity contribution in [2.24, 2.45) is 16.7 Å². The summed E-state index contributed by atoms with van der Waals surface area (Å²) in [6.07, 6.45) is 5.06. The molecular formula is C29H33NO8. The first-order valence-corrected chi connectivity index (χ1v) is 12.9. The Labute approximate surface area is 220 Å². The Morgan fingerprint density at radius 2 is 1.97 bits per heavy atom. The molecule has 2 fully saturated rings. The quantitative estimate of drug-likeness (QED) is 0.594. The molecule has 0 saturated heterocycles. The summed E-state index contributed by atoms with van der Waals surface area (Å²) < 4.78 is 23.3. The summed E-state index contributed by atoms with van der Waals surface area (Å²) in [5.41, 5.74) is -1.28. The van der Waals surface area contributed by atoms with E-state index in [1.54, 1.807) is 36.7 Å². The number of aromatic nitrogens is 1. The SMILES string of the molecule is CC(=O)OC[C@]1(C)[C@@H](OC(C)=O)CC[C@@]2(C)C3=Cc4c(cc(-c5cccnc5)oc4=O)O[C@]3(C)[C@@H](O)C[C@@H]12. The van der Waals surface area contributed by atoms with Gasteiger partial charge in [0, 0.05) is 43.3 Å². The summed E-state index contributed by atoms with van der Waals surface area (Å²) in [4.78, 5) is 41.0. The molecular weight excluding hydrogens is 490 g/mol. The van der Waals surface area contributed by atoms with Gasteiger partial charge in [-0.3, -0.25) is 14.6 Å². The second kappa shape index (κ2) is 9.08. The van der Waals surface area contributed by atoms with Crippen LogP contribution in [0.4, 0.5) is 0 Å². The highest BCUT2D eigenvalue weighted by Gasteiger charge is 2.65. The van der Waals surface area contributed by atoms with Gasteiger partial charge in [-0.15, -0.1) is 0 Å². The molecule has 2 aromatic rings. The molecule has 1 N–H and O–H groups in total. The van der Waals surface area contributed by atoms with Crippen molar-refractivity contribution >= 4 is 18.0 Å². The van der Waals surface area contributed by atoms with E-state index in [9.17, 15) is 19.5 Å². The second-order valence-electron chi connectivity index (χ2n) is 11.3. The number of nitrogens with zero attached hydrogens (tertiary/aromatic N) is 1. The molecule has 3 heterocycles. The number of hydrogen-bond donors (Lipinski definition) is 1. The summed E-state index contributed by atoms with van der Waals surface area (Å²) in [5, 5.41) is 11.6. The van der Waals surface area contributed by atoms with Gasteiger partial charge in [0.2, 0.25) is 0 Å². The highest BCUT2D eigenvalue weighted by molar-refractivity contribution is 5.70. The smallest absolute Gasteiger partial charge is 0.347 e. The normalized spacial score (nSPS) is 33.5. The van der Waals surface area contributed by atoms with Gasteiger partial charge >= 0.3 is 17.6 Å². The molecule has 3 aliphatic rings. The first-order chi connectivity index (χ1) is 17.9. The number of hydrogen-bond acceptors (Lipinski definition) is 9. The first-order valence-electron chi connectivity index (χ1n) is 12.9. The number of fused-ring (bicyclic) bond motifs is 4. The zero-order valence-corrected chi connectivity index (χ0v) is 22.3. The van der Waals surface area contributed by atoms with Crippen LogP contribution in [-0.4, -0.2) is 46.4 Å². The van der Waals surface area contributed by atoms with Crippen LogP contribution < -0.4 is 10.4 Å². The van der Waals surface area contributed by atoms with Crippen molar-refractivity contribution < 1.29 is 33.3 Å². The van der Waals surface area contributed by atoms with Crippen molar-refractivity contribution in [3.63, 3.8) is 0 Å². The van der Waals surface area contributed by atoms with Gasteiger partial charge in [-0.1, -0.05) is 13.8 Å². The van der Waals surface area contributed by atoms with E-state index in [4.69, 9.17) is 18.6 Å². The molecule has 0 unspecified atom stereocenters. The number of pyridine rings is 1. The minimum atomic E-state index is -1.10. The number of carbonyl (C=O) groups is 2. The molecule has 9 heteroatoms. The van der Waals surface area contributed by atoms with E-state index >= 15 is 0 Å². The predicted octanol–water partition coefficient (Wildman–Crippen LogP) is 3.92. The lowest BCUT2D eigenvalue weighted by Crippen LogP contribution is -2.65. The summed E-state index contributed by atoms with van der Waals surface area (Å²) >= 11 is 0. The predicted molar refractivity (Wildman–Crippen MR) is 137 cm³/mol. The molecule has 0 bridgehead atoms. The van der Waals surface area contributed by atoms with Crippen LogP contribution in [0.1, 0.15) is 59.4 Å². The van der Waals surface area contributed by atoms with Crippen molar-refractivity contribution in [1.82, 2.24) is 4.98 Å². The topological polar surface area (TPSA) is 125 Å². The summed E-state index contributed by atoms with van der Waals surface area (Å²) in [6, 6.07) is 5.20. The van der Waals surface area contributed by atoms with E-state index in [2.05, 4.69) is 11.9 Å². The van der Waals surface area contributed by atoms with E-state index in [0.29, 0.717) is 36.3 Å². The van der Waals surface area contributed by atoms with Gasteiger partial charge in [0.15, 0.2) is 5.60 Å².